The van der Waals surface area contributed by atoms with Crippen LogP contribution in [0.4, 0.5) is 0 Å². The predicted octanol–water partition coefficient (Wildman–Crippen LogP) is 4.66. The number of carbonyl (C=O) groups is 1. The zero-order valence-electron chi connectivity index (χ0n) is 11.5. The first-order chi connectivity index (χ1) is 8.61. The maximum Gasteiger partial charge on any atom is 0.167 e. The van der Waals surface area contributed by atoms with Gasteiger partial charge in [-0.1, -0.05) is 32.0 Å². The molecule has 0 amide bonds. The van der Waals surface area contributed by atoms with E-state index in [-0.39, 0.29) is 5.92 Å². The molecule has 1 saturated carbocycles. The van der Waals surface area contributed by atoms with Crippen molar-refractivity contribution in [2.45, 2.75) is 38.0 Å². The molecular formula is C16H22OS. The van der Waals surface area contributed by atoms with Crippen LogP contribution in [-0.2, 0) is 0 Å². The highest BCUT2D eigenvalue weighted by atomic mass is 32.2. The highest BCUT2D eigenvalue weighted by Crippen LogP contribution is 2.36. The molecule has 0 bridgehead atoms. The van der Waals surface area contributed by atoms with Crippen LogP contribution < -0.4 is 0 Å². The maximum atomic E-state index is 12.7. The van der Waals surface area contributed by atoms with Crippen LogP contribution >= 0.6 is 11.8 Å². The molecule has 2 atom stereocenters. The average Bonchev–Trinajstić information content (AvgIpc) is 2.36. The molecule has 0 aromatic heterocycles. The molecule has 2 heteroatoms. The standard InChI is InChI=1S/C16H22OS/c1-11-8-12(2)10-13(9-11)16(17)14-6-4-5-7-15(14)18-3/h4-7,11-13H,8-10H2,1-3H3. The minimum absolute atomic E-state index is 0.233. The van der Waals surface area contributed by atoms with Crippen molar-refractivity contribution in [3.05, 3.63) is 29.8 Å². The van der Waals surface area contributed by atoms with E-state index in [2.05, 4.69) is 13.8 Å². The lowest BCUT2D eigenvalue weighted by molar-refractivity contribution is 0.0833. The molecule has 2 unspecified atom stereocenters. The maximum absolute atomic E-state index is 12.7. The quantitative estimate of drug-likeness (QED) is 0.582. The minimum Gasteiger partial charge on any atom is -0.294 e. The second-order valence-corrected chi connectivity index (χ2v) is 6.53. The first kappa shape index (κ1) is 13.7. The van der Waals surface area contributed by atoms with Crippen molar-refractivity contribution in [1.82, 2.24) is 0 Å². The second-order valence-electron chi connectivity index (χ2n) is 5.68. The molecule has 0 spiro atoms. The smallest absolute Gasteiger partial charge is 0.167 e. The summed E-state index contributed by atoms with van der Waals surface area (Å²) < 4.78 is 0. The summed E-state index contributed by atoms with van der Waals surface area (Å²) in [5.74, 6) is 1.96. The minimum atomic E-state index is 0.233. The number of ketones is 1. The summed E-state index contributed by atoms with van der Waals surface area (Å²) in [5, 5.41) is 0. The third-order valence-corrected chi connectivity index (χ3v) is 4.72. The average molecular weight is 262 g/mol. The van der Waals surface area contributed by atoms with E-state index < -0.39 is 0 Å². The van der Waals surface area contributed by atoms with Crippen molar-refractivity contribution in [2.75, 3.05) is 6.26 Å². The first-order valence-electron chi connectivity index (χ1n) is 6.79. The van der Waals surface area contributed by atoms with Gasteiger partial charge in [-0.3, -0.25) is 4.79 Å². The Labute approximate surface area is 114 Å². The SMILES string of the molecule is CSc1ccccc1C(=O)C1CC(C)CC(C)C1. The van der Waals surface area contributed by atoms with Crippen LogP contribution in [0.1, 0.15) is 43.5 Å². The summed E-state index contributed by atoms with van der Waals surface area (Å²) in [4.78, 5) is 13.8. The van der Waals surface area contributed by atoms with Gasteiger partial charge in [0.1, 0.15) is 0 Å². The van der Waals surface area contributed by atoms with Crippen LogP contribution in [0.5, 0.6) is 0 Å². The molecule has 1 aliphatic rings. The summed E-state index contributed by atoms with van der Waals surface area (Å²) in [7, 11) is 0. The van der Waals surface area contributed by atoms with Crippen LogP contribution in [0.15, 0.2) is 29.2 Å². The third kappa shape index (κ3) is 2.97. The summed E-state index contributed by atoms with van der Waals surface area (Å²) in [6.45, 7) is 4.55. The normalized spacial score (nSPS) is 28.1. The van der Waals surface area contributed by atoms with Crippen LogP contribution in [0.3, 0.4) is 0 Å². The summed E-state index contributed by atoms with van der Waals surface area (Å²) in [5.41, 5.74) is 0.927. The van der Waals surface area contributed by atoms with E-state index in [0.717, 1.165) is 23.3 Å². The number of thioether (sulfide) groups is 1. The van der Waals surface area contributed by atoms with Gasteiger partial charge in [0, 0.05) is 16.4 Å². The number of rotatable bonds is 3. The molecule has 98 valence electrons. The summed E-state index contributed by atoms with van der Waals surface area (Å²) in [6, 6.07) is 8.02. The number of benzene rings is 1. The molecule has 1 fully saturated rings. The predicted molar refractivity (Wildman–Crippen MR) is 78.2 cm³/mol. The topological polar surface area (TPSA) is 17.1 Å². The Balaban J connectivity index is 2.20. The van der Waals surface area contributed by atoms with Gasteiger partial charge >= 0.3 is 0 Å². The third-order valence-electron chi connectivity index (χ3n) is 3.92. The first-order valence-corrected chi connectivity index (χ1v) is 8.01. The molecule has 1 aromatic carbocycles. The summed E-state index contributed by atoms with van der Waals surface area (Å²) >= 11 is 1.67. The van der Waals surface area contributed by atoms with Gasteiger partial charge in [0.25, 0.3) is 0 Å². The molecule has 18 heavy (non-hydrogen) atoms. The Hall–Kier alpha value is -0.760. The van der Waals surface area contributed by atoms with Crippen LogP contribution in [-0.4, -0.2) is 12.0 Å². The zero-order valence-corrected chi connectivity index (χ0v) is 12.3. The summed E-state index contributed by atoms with van der Waals surface area (Å²) in [6.07, 6.45) is 5.43. The Bertz CT molecular complexity index is 417. The molecule has 0 radical (unpaired) electrons. The van der Waals surface area contributed by atoms with E-state index in [4.69, 9.17) is 0 Å². The van der Waals surface area contributed by atoms with Crippen molar-refractivity contribution in [1.29, 1.82) is 0 Å². The van der Waals surface area contributed by atoms with Crippen molar-refractivity contribution in [3.8, 4) is 0 Å². The van der Waals surface area contributed by atoms with Gasteiger partial charge in [-0.15, -0.1) is 11.8 Å². The van der Waals surface area contributed by atoms with Gasteiger partial charge < -0.3 is 0 Å². The Morgan fingerprint density at radius 1 is 1.11 bits per heavy atom. The Morgan fingerprint density at radius 2 is 1.72 bits per heavy atom. The fourth-order valence-electron chi connectivity index (χ4n) is 3.23. The monoisotopic (exact) mass is 262 g/mol. The van der Waals surface area contributed by atoms with E-state index in [0.29, 0.717) is 17.6 Å². The fourth-order valence-corrected chi connectivity index (χ4v) is 3.83. The number of Topliss-reactive ketones (excluding diaryl/α,β-unsaturated/α-hetero) is 1. The van der Waals surface area contributed by atoms with Gasteiger partial charge in [0.2, 0.25) is 0 Å². The zero-order chi connectivity index (χ0) is 13.1. The van der Waals surface area contributed by atoms with Crippen molar-refractivity contribution < 1.29 is 4.79 Å². The fraction of sp³-hybridized carbons (Fsp3) is 0.562. The largest absolute Gasteiger partial charge is 0.294 e. The van der Waals surface area contributed by atoms with E-state index in [9.17, 15) is 4.79 Å². The lowest BCUT2D eigenvalue weighted by atomic mass is 9.74. The van der Waals surface area contributed by atoms with E-state index in [1.165, 1.54) is 6.42 Å². The van der Waals surface area contributed by atoms with Crippen molar-refractivity contribution >= 4 is 17.5 Å². The van der Waals surface area contributed by atoms with E-state index in [1.807, 2.05) is 30.5 Å². The van der Waals surface area contributed by atoms with Crippen molar-refractivity contribution in [2.24, 2.45) is 17.8 Å². The molecule has 1 nitrogen and oxygen atoms in total. The van der Waals surface area contributed by atoms with Crippen LogP contribution in [0, 0.1) is 17.8 Å². The molecule has 2 rings (SSSR count). The number of hydrogen-bond donors (Lipinski definition) is 0. The van der Waals surface area contributed by atoms with Gasteiger partial charge in [-0.25, -0.2) is 0 Å². The van der Waals surface area contributed by atoms with Gasteiger partial charge in [-0.05, 0) is 43.4 Å². The molecule has 0 heterocycles. The van der Waals surface area contributed by atoms with Gasteiger partial charge in [0.05, 0.1) is 0 Å². The van der Waals surface area contributed by atoms with Crippen LogP contribution in [0.2, 0.25) is 0 Å². The lowest BCUT2D eigenvalue weighted by Gasteiger charge is -2.30. The number of hydrogen-bond acceptors (Lipinski definition) is 2. The lowest BCUT2D eigenvalue weighted by Crippen LogP contribution is -2.26. The van der Waals surface area contributed by atoms with Gasteiger partial charge in [-0.2, -0.15) is 0 Å². The second kappa shape index (κ2) is 5.92. The van der Waals surface area contributed by atoms with Gasteiger partial charge in [0.15, 0.2) is 5.78 Å². The Kier molecular flexibility index (Phi) is 4.50. The number of carbonyl (C=O) groups excluding carboxylic acids is 1. The van der Waals surface area contributed by atoms with E-state index >= 15 is 0 Å². The molecule has 0 N–H and O–H groups in total. The molecule has 0 saturated heterocycles. The van der Waals surface area contributed by atoms with E-state index in [1.54, 1.807) is 11.8 Å². The molecule has 0 aliphatic heterocycles. The highest BCUT2D eigenvalue weighted by Gasteiger charge is 2.30. The van der Waals surface area contributed by atoms with Crippen molar-refractivity contribution in [3.63, 3.8) is 0 Å². The highest BCUT2D eigenvalue weighted by molar-refractivity contribution is 7.98. The molecule has 1 aromatic rings. The Morgan fingerprint density at radius 3 is 2.33 bits per heavy atom. The molecular weight excluding hydrogens is 240 g/mol. The van der Waals surface area contributed by atoms with Crippen LogP contribution in [0.25, 0.3) is 0 Å². The molecule has 1 aliphatic carbocycles.